The number of carboxylic acids is 1. The van der Waals surface area contributed by atoms with E-state index in [0.29, 0.717) is 29.1 Å². The molecule has 5 nitrogen and oxygen atoms in total. The second kappa shape index (κ2) is 7.83. The number of hydrogen-bond donors (Lipinski definition) is 2. The smallest absolute Gasteiger partial charge is 0.336 e. The van der Waals surface area contributed by atoms with E-state index in [2.05, 4.69) is 0 Å². The van der Waals surface area contributed by atoms with E-state index in [1.807, 2.05) is 31.2 Å². The molecule has 0 atom stereocenters. The number of aliphatic carboxylic acids is 1. The van der Waals surface area contributed by atoms with Gasteiger partial charge in [0.1, 0.15) is 11.3 Å². The van der Waals surface area contributed by atoms with Gasteiger partial charge in [0.2, 0.25) is 0 Å². The summed E-state index contributed by atoms with van der Waals surface area (Å²) >= 11 is 1.47. The molecule has 0 fully saturated rings. The molecule has 0 aliphatic carbocycles. The Kier molecular flexibility index (Phi) is 5.52. The van der Waals surface area contributed by atoms with Crippen molar-refractivity contribution in [2.75, 3.05) is 5.75 Å². The van der Waals surface area contributed by atoms with Crippen molar-refractivity contribution in [3.63, 3.8) is 0 Å². The maximum Gasteiger partial charge on any atom is 0.336 e. The van der Waals surface area contributed by atoms with Crippen molar-refractivity contribution in [3.8, 4) is 5.75 Å². The summed E-state index contributed by atoms with van der Waals surface area (Å²) in [6.45, 7) is 2.00. The van der Waals surface area contributed by atoms with Crippen molar-refractivity contribution in [1.29, 1.82) is 0 Å². The van der Waals surface area contributed by atoms with Crippen LogP contribution in [0.4, 0.5) is 0 Å². The lowest BCUT2D eigenvalue weighted by Crippen LogP contribution is -2.03. The summed E-state index contributed by atoms with van der Waals surface area (Å²) in [5.74, 6) is 0.300. The molecule has 0 unspecified atom stereocenters. The molecule has 26 heavy (non-hydrogen) atoms. The number of aryl methyl sites for hydroxylation is 1. The van der Waals surface area contributed by atoms with Crippen molar-refractivity contribution in [2.45, 2.75) is 31.9 Å². The molecule has 0 aliphatic heterocycles. The van der Waals surface area contributed by atoms with Gasteiger partial charge in [-0.2, -0.15) is 11.8 Å². The third-order valence-corrected chi connectivity index (χ3v) is 5.28. The fourth-order valence-electron chi connectivity index (χ4n) is 3.16. The lowest BCUT2D eigenvalue weighted by molar-refractivity contribution is -0.136. The molecular weight excluding hydrogens is 352 g/mol. The Bertz CT molecular complexity index is 1020. The Morgan fingerprint density at radius 3 is 2.65 bits per heavy atom. The van der Waals surface area contributed by atoms with Gasteiger partial charge in [-0.15, -0.1) is 0 Å². The van der Waals surface area contributed by atoms with Crippen LogP contribution in [0.1, 0.15) is 30.9 Å². The van der Waals surface area contributed by atoms with Crippen LogP contribution in [0.15, 0.2) is 39.5 Å². The molecule has 1 aromatic heterocycles. The lowest BCUT2D eigenvalue weighted by Gasteiger charge is -2.14. The van der Waals surface area contributed by atoms with Crippen LogP contribution in [0, 0.1) is 0 Å². The van der Waals surface area contributed by atoms with Gasteiger partial charge in [0.05, 0.1) is 6.42 Å². The number of hydrogen-bond acceptors (Lipinski definition) is 5. The third-order valence-electron chi connectivity index (χ3n) is 4.27. The molecule has 2 aromatic carbocycles. The maximum absolute atomic E-state index is 12.1. The first-order valence-electron chi connectivity index (χ1n) is 8.51. The number of carboxylic acid groups (broad SMARTS) is 1. The van der Waals surface area contributed by atoms with Crippen molar-refractivity contribution in [3.05, 3.63) is 51.9 Å². The molecule has 136 valence electrons. The molecule has 3 rings (SSSR count). The molecule has 0 amide bonds. The Morgan fingerprint density at radius 2 is 1.96 bits per heavy atom. The fraction of sp³-hybridized carbons (Fsp3) is 0.300. The van der Waals surface area contributed by atoms with Crippen molar-refractivity contribution in [2.24, 2.45) is 0 Å². The number of phenolic OH excluding ortho intramolecular Hbond substituents is 1. The summed E-state index contributed by atoms with van der Waals surface area (Å²) in [7, 11) is 0. The minimum absolute atomic E-state index is 0.0761. The fourth-order valence-corrected chi connectivity index (χ4v) is 4.08. The van der Waals surface area contributed by atoms with Gasteiger partial charge in [0, 0.05) is 33.9 Å². The Balaban J connectivity index is 2.21. The number of aromatic hydroxyl groups is 1. The maximum atomic E-state index is 12.1. The van der Waals surface area contributed by atoms with E-state index < -0.39 is 11.6 Å². The number of rotatable bonds is 7. The summed E-state index contributed by atoms with van der Waals surface area (Å²) in [6, 6.07) is 8.97. The Hall–Kier alpha value is -2.47. The first kappa shape index (κ1) is 18.3. The van der Waals surface area contributed by atoms with Gasteiger partial charge in [-0.25, -0.2) is 4.79 Å². The lowest BCUT2D eigenvalue weighted by atomic mass is 9.95. The molecule has 0 radical (unpaired) electrons. The first-order chi connectivity index (χ1) is 12.5. The summed E-state index contributed by atoms with van der Waals surface area (Å²) in [5.41, 5.74) is 1.43. The van der Waals surface area contributed by atoms with E-state index >= 15 is 0 Å². The van der Waals surface area contributed by atoms with E-state index in [1.165, 1.54) is 17.8 Å². The van der Waals surface area contributed by atoms with Gasteiger partial charge >= 0.3 is 11.6 Å². The van der Waals surface area contributed by atoms with Gasteiger partial charge in [-0.05, 0) is 17.4 Å². The van der Waals surface area contributed by atoms with Crippen LogP contribution in [0.5, 0.6) is 5.75 Å². The first-order valence-corrected chi connectivity index (χ1v) is 9.67. The summed E-state index contributed by atoms with van der Waals surface area (Å²) in [6.07, 6.45) is 1.49. The minimum Gasteiger partial charge on any atom is -0.507 e. The molecule has 6 heteroatoms. The number of fused-ring (bicyclic) bond motifs is 3. The highest BCUT2D eigenvalue weighted by atomic mass is 32.2. The molecule has 2 N–H and O–H groups in total. The molecule has 1 heterocycles. The molecule has 0 bridgehead atoms. The predicted octanol–water partition coefficient (Wildman–Crippen LogP) is 4.31. The predicted molar refractivity (Wildman–Crippen MR) is 104 cm³/mol. The molecular formula is C20H20O5S. The number of phenols is 1. The van der Waals surface area contributed by atoms with Crippen molar-refractivity contribution >= 4 is 39.5 Å². The monoisotopic (exact) mass is 372 g/mol. The number of benzene rings is 2. The Morgan fingerprint density at radius 1 is 1.23 bits per heavy atom. The average molecular weight is 372 g/mol. The summed E-state index contributed by atoms with van der Waals surface area (Å²) < 4.78 is 5.50. The van der Waals surface area contributed by atoms with Crippen LogP contribution < -0.4 is 5.63 Å². The molecule has 0 saturated carbocycles. The van der Waals surface area contributed by atoms with Gasteiger partial charge < -0.3 is 14.6 Å². The summed E-state index contributed by atoms with van der Waals surface area (Å²) in [5, 5.41) is 21.9. The molecule has 3 aromatic rings. The van der Waals surface area contributed by atoms with Gasteiger partial charge in [-0.3, -0.25) is 4.79 Å². The highest BCUT2D eigenvalue weighted by Gasteiger charge is 2.18. The van der Waals surface area contributed by atoms with Crippen LogP contribution >= 0.6 is 11.8 Å². The van der Waals surface area contributed by atoms with Crippen LogP contribution in [-0.4, -0.2) is 21.9 Å². The second-order valence-electron chi connectivity index (χ2n) is 6.11. The van der Waals surface area contributed by atoms with Gasteiger partial charge in [0.15, 0.2) is 0 Å². The minimum atomic E-state index is -0.837. The largest absolute Gasteiger partial charge is 0.507 e. The number of thioether (sulfide) groups is 1. The van der Waals surface area contributed by atoms with Gasteiger partial charge in [-0.1, -0.05) is 37.6 Å². The van der Waals surface area contributed by atoms with Crippen LogP contribution in [0.3, 0.4) is 0 Å². The molecule has 0 spiro atoms. The van der Waals surface area contributed by atoms with E-state index in [-0.39, 0.29) is 12.2 Å². The van der Waals surface area contributed by atoms with Crippen LogP contribution in [0.25, 0.3) is 21.7 Å². The summed E-state index contributed by atoms with van der Waals surface area (Å²) in [4.78, 5) is 22.8. The van der Waals surface area contributed by atoms with E-state index in [4.69, 9.17) is 9.52 Å². The highest BCUT2D eigenvalue weighted by Crippen LogP contribution is 2.39. The quantitative estimate of drug-likeness (QED) is 0.365. The SMILES string of the molecule is CCCc1c(O)c2ccccc2c2c(CSCCC(=O)O)cc(=O)oc12. The Labute approximate surface area is 154 Å². The standard InChI is InChI=1S/C20H20O5S/c1-2-5-15-19(24)14-7-4-3-6-13(14)18-12(10-17(23)25-20(15)18)11-26-9-8-16(21)22/h3-4,6-7,10,24H,2,5,8-9,11H2,1H3,(H,21,22). The molecule has 0 saturated heterocycles. The normalized spacial score (nSPS) is 11.3. The molecule has 0 aliphatic rings. The van der Waals surface area contributed by atoms with E-state index in [0.717, 1.165) is 28.1 Å². The number of carbonyl (C=O) groups is 1. The third kappa shape index (κ3) is 3.55. The topological polar surface area (TPSA) is 87.7 Å². The van der Waals surface area contributed by atoms with E-state index in [1.54, 1.807) is 0 Å². The van der Waals surface area contributed by atoms with Crippen LogP contribution in [0.2, 0.25) is 0 Å². The zero-order chi connectivity index (χ0) is 18.7. The van der Waals surface area contributed by atoms with Gasteiger partial charge in [0.25, 0.3) is 0 Å². The van der Waals surface area contributed by atoms with Crippen LogP contribution in [-0.2, 0) is 17.0 Å². The zero-order valence-electron chi connectivity index (χ0n) is 14.4. The highest BCUT2D eigenvalue weighted by molar-refractivity contribution is 7.98. The van der Waals surface area contributed by atoms with Crippen molar-refractivity contribution in [1.82, 2.24) is 0 Å². The van der Waals surface area contributed by atoms with Crippen molar-refractivity contribution < 1.29 is 19.4 Å². The average Bonchev–Trinajstić information content (AvgIpc) is 2.61. The zero-order valence-corrected chi connectivity index (χ0v) is 15.3. The van der Waals surface area contributed by atoms with E-state index in [9.17, 15) is 14.7 Å². The second-order valence-corrected chi connectivity index (χ2v) is 7.22.